The number of aryl methyl sites for hydroxylation is 1. The molecule has 6 nitrogen and oxygen atoms in total. The van der Waals surface area contributed by atoms with Gasteiger partial charge < -0.3 is 14.0 Å². The van der Waals surface area contributed by atoms with Crippen molar-refractivity contribution >= 4 is 11.0 Å². The molecule has 2 aromatic carbocycles. The Morgan fingerprint density at radius 3 is 2.44 bits per heavy atom. The van der Waals surface area contributed by atoms with E-state index in [4.69, 9.17) is 4.74 Å². The van der Waals surface area contributed by atoms with E-state index in [1.807, 2.05) is 32.0 Å². The van der Waals surface area contributed by atoms with Crippen molar-refractivity contribution in [2.45, 2.75) is 40.0 Å². The Labute approximate surface area is 182 Å². The molecule has 0 N–H and O–H groups in total. The largest absolute Gasteiger partial charge is 0.461 e. The summed E-state index contributed by atoms with van der Waals surface area (Å²) in [6.45, 7) is 2.49. The second-order valence-electron chi connectivity index (χ2n) is 7.46. The molecule has 9 heteroatoms. The van der Waals surface area contributed by atoms with Crippen LogP contribution in [-0.4, -0.2) is 32.2 Å². The van der Waals surface area contributed by atoms with E-state index in [1.165, 1.54) is 18.2 Å². The van der Waals surface area contributed by atoms with Gasteiger partial charge in [0, 0.05) is 23.5 Å². The number of hydrogen-bond acceptors (Lipinski definition) is 5. The zero-order chi connectivity index (χ0) is 22.8. The first-order chi connectivity index (χ1) is 15.3. The normalized spacial score (nSPS) is 11.5. The van der Waals surface area contributed by atoms with E-state index in [-0.39, 0.29) is 30.0 Å². The Kier molecular flexibility index (Phi) is 5.98. The van der Waals surface area contributed by atoms with Gasteiger partial charge in [0.15, 0.2) is 0 Å². The summed E-state index contributed by atoms with van der Waals surface area (Å²) in [5, 5.41) is 0. The van der Waals surface area contributed by atoms with E-state index < -0.39 is 12.4 Å². The predicted octanol–water partition coefficient (Wildman–Crippen LogP) is 5.38. The van der Waals surface area contributed by atoms with Crippen LogP contribution in [0.25, 0.3) is 22.2 Å². The number of fused-ring (bicyclic) bond motifs is 1. The minimum atomic E-state index is -3.05. The summed E-state index contributed by atoms with van der Waals surface area (Å²) in [7, 11) is 0. The quantitative estimate of drug-likeness (QED) is 0.385. The number of benzene rings is 2. The van der Waals surface area contributed by atoms with Crippen molar-refractivity contribution in [3.05, 3.63) is 66.0 Å². The molecule has 0 aliphatic carbocycles. The number of halogens is 3. The molecule has 0 radical (unpaired) electrons. The van der Waals surface area contributed by atoms with Gasteiger partial charge in [-0.2, -0.15) is 8.78 Å². The summed E-state index contributed by atoms with van der Waals surface area (Å²) < 4.78 is 51.9. The molecule has 166 valence electrons. The van der Waals surface area contributed by atoms with Gasteiger partial charge in [-0.25, -0.2) is 19.3 Å². The fraction of sp³-hybridized carbons (Fsp3) is 0.261. The van der Waals surface area contributed by atoms with E-state index in [1.54, 1.807) is 23.9 Å². The van der Waals surface area contributed by atoms with E-state index in [2.05, 4.69) is 19.7 Å². The maximum atomic E-state index is 14.5. The summed E-state index contributed by atoms with van der Waals surface area (Å²) >= 11 is 0. The Hall–Kier alpha value is -3.62. The first kappa shape index (κ1) is 21.6. The van der Waals surface area contributed by atoms with Gasteiger partial charge in [0.25, 0.3) is 0 Å². The third kappa shape index (κ3) is 4.51. The topological polar surface area (TPSA) is 62.1 Å². The highest BCUT2D eigenvalue weighted by molar-refractivity contribution is 5.82. The molecule has 0 bridgehead atoms. The molecule has 0 aliphatic heterocycles. The van der Waals surface area contributed by atoms with Crippen LogP contribution < -0.4 is 9.47 Å². The van der Waals surface area contributed by atoms with Crippen molar-refractivity contribution in [2.24, 2.45) is 0 Å². The second kappa shape index (κ2) is 8.86. The van der Waals surface area contributed by atoms with E-state index in [0.29, 0.717) is 16.9 Å². The van der Waals surface area contributed by atoms with Crippen LogP contribution >= 0.6 is 0 Å². The number of rotatable bonds is 7. The molecule has 32 heavy (non-hydrogen) atoms. The van der Waals surface area contributed by atoms with Gasteiger partial charge in [0.2, 0.25) is 0 Å². The van der Waals surface area contributed by atoms with Crippen LogP contribution in [0.5, 0.6) is 11.8 Å². The van der Waals surface area contributed by atoms with Gasteiger partial charge in [-0.1, -0.05) is 12.1 Å². The average molecular weight is 442 g/mol. The minimum Gasteiger partial charge on any atom is -0.461 e. The average Bonchev–Trinajstić information content (AvgIpc) is 3.04. The summed E-state index contributed by atoms with van der Waals surface area (Å²) in [4.78, 5) is 13.0. The SMILES string of the molecule is Cc1nc2ccc(-c3cnc(OC(C)C)nc3)cc2n1Cc1c(F)cccc1OC(F)F. The lowest BCUT2D eigenvalue weighted by molar-refractivity contribution is -0.0506. The van der Waals surface area contributed by atoms with Gasteiger partial charge in [0.05, 0.1) is 23.7 Å². The maximum absolute atomic E-state index is 14.5. The number of alkyl halides is 2. The van der Waals surface area contributed by atoms with Gasteiger partial charge in [-0.05, 0) is 50.6 Å². The van der Waals surface area contributed by atoms with Crippen molar-refractivity contribution in [2.75, 3.05) is 0 Å². The fourth-order valence-corrected chi connectivity index (χ4v) is 3.42. The van der Waals surface area contributed by atoms with Crippen molar-refractivity contribution in [3.8, 4) is 22.9 Å². The predicted molar refractivity (Wildman–Crippen MR) is 113 cm³/mol. The van der Waals surface area contributed by atoms with Gasteiger partial charge >= 0.3 is 12.6 Å². The van der Waals surface area contributed by atoms with Crippen LogP contribution in [0.4, 0.5) is 13.2 Å². The molecular formula is C23H21F3N4O2. The summed E-state index contributed by atoms with van der Waals surface area (Å²) in [5.74, 6) is -0.221. The number of aromatic nitrogens is 4. The maximum Gasteiger partial charge on any atom is 0.387 e. The van der Waals surface area contributed by atoms with Crippen molar-refractivity contribution in [1.82, 2.24) is 19.5 Å². The molecule has 0 unspecified atom stereocenters. The first-order valence-corrected chi connectivity index (χ1v) is 10.00. The number of nitrogens with zero attached hydrogens (tertiary/aromatic N) is 4. The lowest BCUT2D eigenvalue weighted by Gasteiger charge is -2.14. The second-order valence-corrected chi connectivity index (χ2v) is 7.46. The monoisotopic (exact) mass is 442 g/mol. The van der Waals surface area contributed by atoms with Crippen molar-refractivity contribution in [3.63, 3.8) is 0 Å². The Morgan fingerprint density at radius 1 is 1.00 bits per heavy atom. The van der Waals surface area contributed by atoms with Crippen LogP contribution in [0.15, 0.2) is 48.8 Å². The molecule has 0 spiro atoms. The Bertz CT molecular complexity index is 1240. The summed E-state index contributed by atoms with van der Waals surface area (Å²) in [6, 6.07) is 9.76. The molecule has 4 aromatic rings. The van der Waals surface area contributed by atoms with Gasteiger partial charge in [-0.15, -0.1) is 0 Å². The lowest BCUT2D eigenvalue weighted by Crippen LogP contribution is -2.10. The molecule has 4 rings (SSSR count). The summed E-state index contributed by atoms with van der Waals surface area (Å²) in [5.41, 5.74) is 3.03. The zero-order valence-electron chi connectivity index (χ0n) is 17.7. The molecular weight excluding hydrogens is 421 g/mol. The molecule has 0 aliphatic rings. The van der Waals surface area contributed by atoms with Crippen LogP contribution in [0.1, 0.15) is 25.2 Å². The van der Waals surface area contributed by atoms with Crippen LogP contribution in [-0.2, 0) is 6.54 Å². The van der Waals surface area contributed by atoms with Crippen LogP contribution in [0, 0.1) is 12.7 Å². The molecule has 2 heterocycles. The smallest absolute Gasteiger partial charge is 0.387 e. The third-order valence-electron chi connectivity index (χ3n) is 4.85. The third-order valence-corrected chi connectivity index (χ3v) is 4.85. The van der Waals surface area contributed by atoms with Crippen LogP contribution in [0.2, 0.25) is 0 Å². The number of ether oxygens (including phenoxy) is 2. The standard InChI is InChI=1S/C23H21F3N4O2/c1-13(2)31-23-27-10-16(11-28-23)15-7-8-19-20(9-15)30(14(3)29-19)12-17-18(24)5-4-6-21(17)32-22(25)26/h4-11,13,22H,12H2,1-3H3. The molecule has 0 amide bonds. The number of imidazole rings is 1. The van der Waals surface area contributed by atoms with Gasteiger partial charge in [0.1, 0.15) is 17.4 Å². The molecule has 0 atom stereocenters. The molecule has 0 saturated heterocycles. The van der Waals surface area contributed by atoms with Crippen molar-refractivity contribution < 1.29 is 22.6 Å². The Morgan fingerprint density at radius 2 is 1.75 bits per heavy atom. The highest BCUT2D eigenvalue weighted by atomic mass is 19.3. The van der Waals surface area contributed by atoms with Crippen LogP contribution in [0.3, 0.4) is 0 Å². The van der Waals surface area contributed by atoms with E-state index in [9.17, 15) is 13.2 Å². The lowest BCUT2D eigenvalue weighted by atomic mass is 10.1. The van der Waals surface area contributed by atoms with E-state index in [0.717, 1.165) is 11.1 Å². The van der Waals surface area contributed by atoms with E-state index >= 15 is 0 Å². The first-order valence-electron chi connectivity index (χ1n) is 10.00. The summed E-state index contributed by atoms with van der Waals surface area (Å²) in [6.07, 6.45) is 3.28. The van der Waals surface area contributed by atoms with Crippen molar-refractivity contribution in [1.29, 1.82) is 0 Å². The highest BCUT2D eigenvalue weighted by Gasteiger charge is 2.17. The molecule has 2 aromatic heterocycles. The number of hydrogen-bond donors (Lipinski definition) is 0. The minimum absolute atomic E-state index is 0.0157. The molecule has 0 saturated carbocycles. The Balaban J connectivity index is 1.72. The zero-order valence-corrected chi connectivity index (χ0v) is 17.7. The fourth-order valence-electron chi connectivity index (χ4n) is 3.42. The van der Waals surface area contributed by atoms with Gasteiger partial charge in [-0.3, -0.25) is 0 Å². The highest BCUT2D eigenvalue weighted by Crippen LogP contribution is 2.29. The molecule has 0 fully saturated rings.